The molecule has 4 aromatic rings. The zero-order valence-electron chi connectivity index (χ0n) is 16.2. The predicted molar refractivity (Wildman–Crippen MR) is 118 cm³/mol. The molecule has 0 fully saturated rings. The van der Waals surface area contributed by atoms with Gasteiger partial charge in [0, 0.05) is 24.2 Å². The van der Waals surface area contributed by atoms with Gasteiger partial charge >= 0.3 is 0 Å². The first kappa shape index (κ1) is 22.2. The second-order valence-corrected chi connectivity index (χ2v) is 9.49. The summed E-state index contributed by atoms with van der Waals surface area (Å²) in [6, 6.07) is 23.4. The van der Waals surface area contributed by atoms with Gasteiger partial charge in [0.15, 0.2) is 0 Å². The minimum atomic E-state index is -3.62. The lowest BCUT2D eigenvalue weighted by Gasteiger charge is -2.12. The summed E-state index contributed by atoms with van der Waals surface area (Å²) in [4.78, 5) is 6.88. The van der Waals surface area contributed by atoms with Gasteiger partial charge in [-0.2, -0.15) is 8.42 Å². The van der Waals surface area contributed by atoms with E-state index in [0.717, 1.165) is 11.3 Å². The Morgan fingerprint density at radius 2 is 1.26 bits per heavy atom. The molecule has 2 aromatic heterocycles. The van der Waals surface area contributed by atoms with E-state index in [-0.39, 0.29) is 9.79 Å². The van der Waals surface area contributed by atoms with E-state index in [1.165, 1.54) is 16.8 Å². The molecule has 2 heterocycles. The minimum absolute atomic E-state index is 0.148. The summed E-state index contributed by atoms with van der Waals surface area (Å²) < 4.78 is 47.4. The molecule has 0 amide bonds. The molecule has 8 nitrogen and oxygen atoms in total. The molecule has 0 bridgehead atoms. The number of primary sulfonamides is 1. The molecule has 0 aliphatic heterocycles. The molecular weight excluding hydrogens is 436 g/mol. The Labute approximate surface area is 181 Å². The number of aromatic nitrogens is 2. The second-order valence-electron chi connectivity index (χ2n) is 6.27. The molecule has 0 saturated heterocycles. The molecule has 31 heavy (non-hydrogen) atoms. The SMILES string of the molecule is NS(=O)(=O)c1ccccc1.O=S(=O)(Nn1cccc1-c1ccncc1)c1ccccc1. The summed E-state index contributed by atoms with van der Waals surface area (Å²) in [6.07, 6.45) is 4.99. The highest BCUT2D eigenvalue weighted by Gasteiger charge is 2.15. The largest absolute Gasteiger partial charge is 0.275 e. The lowest BCUT2D eigenvalue weighted by molar-refractivity contribution is 0.594. The fourth-order valence-corrected chi connectivity index (χ4v) is 4.19. The van der Waals surface area contributed by atoms with Crippen LogP contribution in [-0.2, 0) is 20.0 Å². The van der Waals surface area contributed by atoms with Gasteiger partial charge < -0.3 is 0 Å². The van der Waals surface area contributed by atoms with Crippen LogP contribution in [0.5, 0.6) is 0 Å². The first-order chi connectivity index (χ1) is 14.8. The van der Waals surface area contributed by atoms with E-state index in [2.05, 4.69) is 9.82 Å². The Morgan fingerprint density at radius 3 is 1.77 bits per heavy atom. The molecule has 0 atom stereocenters. The van der Waals surface area contributed by atoms with Gasteiger partial charge in [-0.25, -0.2) is 18.4 Å². The van der Waals surface area contributed by atoms with E-state index in [9.17, 15) is 16.8 Å². The molecule has 0 saturated carbocycles. The van der Waals surface area contributed by atoms with E-state index < -0.39 is 20.0 Å². The lowest BCUT2D eigenvalue weighted by Crippen LogP contribution is -2.23. The van der Waals surface area contributed by atoms with Crippen molar-refractivity contribution in [3.05, 3.63) is 104 Å². The molecule has 4 rings (SSSR count). The van der Waals surface area contributed by atoms with Crippen molar-refractivity contribution in [2.24, 2.45) is 5.14 Å². The summed E-state index contributed by atoms with van der Waals surface area (Å²) >= 11 is 0. The van der Waals surface area contributed by atoms with E-state index >= 15 is 0 Å². The molecule has 0 radical (unpaired) electrons. The van der Waals surface area contributed by atoms with Gasteiger partial charge in [0.05, 0.1) is 15.5 Å². The average Bonchev–Trinajstić information content (AvgIpc) is 3.23. The number of nitrogens with two attached hydrogens (primary N) is 1. The van der Waals surface area contributed by atoms with Crippen molar-refractivity contribution in [3.63, 3.8) is 0 Å². The molecule has 3 N–H and O–H groups in total. The fraction of sp³-hybridized carbons (Fsp3) is 0. The highest BCUT2D eigenvalue weighted by atomic mass is 32.2. The van der Waals surface area contributed by atoms with Crippen molar-refractivity contribution in [1.82, 2.24) is 9.66 Å². The van der Waals surface area contributed by atoms with Gasteiger partial charge in [-0.1, -0.05) is 36.4 Å². The number of hydrogen-bond donors (Lipinski definition) is 2. The molecule has 0 spiro atoms. The fourth-order valence-electron chi connectivity index (χ4n) is 2.61. The van der Waals surface area contributed by atoms with E-state index in [1.54, 1.807) is 73.2 Å². The van der Waals surface area contributed by atoms with Gasteiger partial charge in [-0.3, -0.25) is 9.66 Å². The van der Waals surface area contributed by atoms with Crippen molar-refractivity contribution in [3.8, 4) is 11.3 Å². The molecule has 2 aromatic carbocycles. The van der Waals surface area contributed by atoms with E-state index in [4.69, 9.17) is 5.14 Å². The van der Waals surface area contributed by atoms with Gasteiger partial charge in [-0.15, -0.1) is 0 Å². The van der Waals surface area contributed by atoms with Crippen LogP contribution in [0.2, 0.25) is 0 Å². The quantitative estimate of drug-likeness (QED) is 0.478. The highest BCUT2D eigenvalue weighted by Crippen LogP contribution is 2.19. The Hall–Kier alpha value is -3.47. The highest BCUT2D eigenvalue weighted by molar-refractivity contribution is 7.92. The maximum Gasteiger partial charge on any atom is 0.275 e. The third kappa shape index (κ3) is 6.01. The van der Waals surface area contributed by atoms with Crippen LogP contribution in [0.4, 0.5) is 0 Å². The third-order valence-electron chi connectivity index (χ3n) is 4.07. The number of nitrogens with zero attached hydrogens (tertiary/aromatic N) is 2. The number of pyridine rings is 1. The van der Waals surface area contributed by atoms with Crippen LogP contribution in [0, 0.1) is 0 Å². The second kappa shape index (κ2) is 9.56. The molecular formula is C21H20N4O4S2. The van der Waals surface area contributed by atoms with Crippen LogP contribution in [0.15, 0.2) is 113 Å². The van der Waals surface area contributed by atoms with Crippen molar-refractivity contribution in [1.29, 1.82) is 0 Å². The molecule has 10 heteroatoms. The summed E-state index contributed by atoms with van der Waals surface area (Å²) in [5, 5.41) is 4.83. The average molecular weight is 457 g/mol. The van der Waals surface area contributed by atoms with Crippen molar-refractivity contribution < 1.29 is 16.8 Å². The van der Waals surface area contributed by atoms with Crippen LogP contribution < -0.4 is 9.97 Å². The monoisotopic (exact) mass is 456 g/mol. The summed E-state index contributed by atoms with van der Waals surface area (Å²) in [6.45, 7) is 0. The topological polar surface area (TPSA) is 124 Å². The Balaban J connectivity index is 0.000000229. The summed E-state index contributed by atoms with van der Waals surface area (Å²) in [5.41, 5.74) is 1.63. The van der Waals surface area contributed by atoms with Crippen LogP contribution in [0.3, 0.4) is 0 Å². The number of hydrogen-bond acceptors (Lipinski definition) is 5. The van der Waals surface area contributed by atoms with Crippen LogP contribution >= 0.6 is 0 Å². The Kier molecular flexibility index (Phi) is 6.85. The number of benzene rings is 2. The standard InChI is InChI=1S/C15H13N3O2S.C6H7NO2S/c19-21(20,14-5-2-1-3-6-14)17-18-12-4-7-15(18)13-8-10-16-11-9-13;7-10(8,9)6-4-2-1-3-5-6/h1-12,17H;1-5H,(H2,7,8,9). The molecule has 160 valence electrons. The number of sulfonamides is 2. The van der Waals surface area contributed by atoms with Gasteiger partial charge in [-0.05, 0) is 48.5 Å². The first-order valence-corrected chi connectivity index (χ1v) is 12.0. The minimum Gasteiger partial charge on any atom is -0.265 e. The predicted octanol–water partition coefficient (Wildman–Crippen LogP) is 2.82. The summed E-state index contributed by atoms with van der Waals surface area (Å²) in [5.74, 6) is 0. The van der Waals surface area contributed by atoms with Crippen molar-refractivity contribution in [2.75, 3.05) is 4.83 Å². The maximum atomic E-state index is 12.3. The van der Waals surface area contributed by atoms with E-state index in [0.29, 0.717) is 0 Å². The van der Waals surface area contributed by atoms with Crippen molar-refractivity contribution >= 4 is 20.0 Å². The van der Waals surface area contributed by atoms with Gasteiger partial charge in [0.25, 0.3) is 10.0 Å². The zero-order valence-corrected chi connectivity index (χ0v) is 17.9. The summed E-state index contributed by atoms with van der Waals surface area (Å²) in [7, 11) is -7.12. The van der Waals surface area contributed by atoms with Crippen LogP contribution in [-0.4, -0.2) is 26.5 Å². The van der Waals surface area contributed by atoms with Crippen LogP contribution in [0.1, 0.15) is 0 Å². The van der Waals surface area contributed by atoms with Gasteiger partial charge in [0.2, 0.25) is 10.0 Å². The lowest BCUT2D eigenvalue weighted by atomic mass is 10.2. The molecule has 0 unspecified atom stereocenters. The third-order valence-corrected chi connectivity index (χ3v) is 6.33. The molecule has 0 aliphatic rings. The molecule has 0 aliphatic carbocycles. The van der Waals surface area contributed by atoms with Gasteiger partial charge in [0.1, 0.15) is 0 Å². The first-order valence-electron chi connectivity index (χ1n) is 9.01. The smallest absolute Gasteiger partial charge is 0.265 e. The van der Waals surface area contributed by atoms with Crippen molar-refractivity contribution in [2.45, 2.75) is 9.79 Å². The number of rotatable bonds is 5. The number of nitrogens with one attached hydrogen (secondary N) is 1. The Bertz CT molecular complexity index is 1320. The zero-order chi connectivity index (χ0) is 22.3. The Morgan fingerprint density at radius 1 is 0.710 bits per heavy atom. The van der Waals surface area contributed by atoms with E-state index in [1.807, 2.05) is 18.2 Å². The van der Waals surface area contributed by atoms with Crippen LogP contribution in [0.25, 0.3) is 11.3 Å². The maximum absolute atomic E-state index is 12.3. The normalized spacial score (nSPS) is 11.3.